The summed E-state index contributed by atoms with van der Waals surface area (Å²) in [5.41, 5.74) is 0. The van der Waals surface area contributed by atoms with Gasteiger partial charge < -0.3 is 15.7 Å². The number of carbonyl (C=O) groups excluding carboxylic acids is 1. The van der Waals surface area contributed by atoms with Gasteiger partial charge in [0.15, 0.2) is 0 Å². The fourth-order valence-electron chi connectivity index (χ4n) is 2.48. The van der Waals surface area contributed by atoms with Gasteiger partial charge in [0, 0.05) is 32.1 Å². The molecule has 1 aromatic rings. The van der Waals surface area contributed by atoms with Crippen LogP contribution in [0.5, 0.6) is 0 Å². The lowest BCUT2D eigenvalue weighted by Gasteiger charge is -2.17. The standard InChI is InChI=1S/C15H21N3O5S/c19-14(20)7-4-9-16-15(21)17-12-8-10-18(11-12)24(22,23)13-5-2-1-3-6-13/h1-3,5-6,12H,4,7-11H2,(H,19,20)(H2,16,17,21)/t12-/m0/s1. The molecule has 0 saturated carbocycles. The number of nitrogens with zero attached hydrogens (tertiary/aromatic N) is 1. The minimum Gasteiger partial charge on any atom is -0.481 e. The van der Waals surface area contributed by atoms with Gasteiger partial charge in [0.05, 0.1) is 4.90 Å². The zero-order valence-electron chi connectivity index (χ0n) is 13.1. The molecule has 1 fully saturated rings. The van der Waals surface area contributed by atoms with E-state index in [-0.39, 0.29) is 30.4 Å². The Morgan fingerprint density at radius 2 is 1.96 bits per heavy atom. The molecule has 1 aliphatic heterocycles. The predicted octanol–water partition coefficient (Wildman–Crippen LogP) is 0.614. The van der Waals surface area contributed by atoms with E-state index >= 15 is 0 Å². The summed E-state index contributed by atoms with van der Waals surface area (Å²) in [5, 5.41) is 13.8. The topological polar surface area (TPSA) is 116 Å². The highest BCUT2D eigenvalue weighted by molar-refractivity contribution is 7.89. The number of hydrogen-bond donors (Lipinski definition) is 3. The normalized spacial score (nSPS) is 18.2. The quantitative estimate of drug-likeness (QED) is 0.620. The van der Waals surface area contributed by atoms with Crippen molar-refractivity contribution >= 4 is 22.0 Å². The van der Waals surface area contributed by atoms with Gasteiger partial charge in [-0.3, -0.25) is 4.79 Å². The van der Waals surface area contributed by atoms with E-state index in [1.54, 1.807) is 30.3 Å². The van der Waals surface area contributed by atoms with Crippen LogP contribution in [0.25, 0.3) is 0 Å². The van der Waals surface area contributed by atoms with Gasteiger partial charge in [-0.25, -0.2) is 13.2 Å². The van der Waals surface area contributed by atoms with E-state index in [1.807, 2.05) is 0 Å². The number of urea groups is 1. The second kappa shape index (κ2) is 8.11. The molecule has 0 aromatic heterocycles. The van der Waals surface area contributed by atoms with Gasteiger partial charge in [-0.2, -0.15) is 4.31 Å². The first-order chi connectivity index (χ1) is 11.4. The Hall–Kier alpha value is -2.13. The lowest BCUT2D eigenvalue weighted by molar-refractivity contribution is -0.137. The van der Waals surface area contributed by atoms with Crippen molar-refractivity contribution in [2.75, 3.05) is 19.6 Å². The first-order valence-electron chi connectivity index (χ1n) is 7.71. The average Bonchev–Trinajstić information content (AvgIpc) is 3.01. The maximum absolute atomic E-state index is 12.5. The summed E-state index contributed by atoms with van der Waals surface area (Å²) in [6.07, 6.45) is 0.878. The molecule has 1 aliphatic rings. The molecule has 132 valence electrons. The smallest absolute Gasteiger partial charge is 0.315 e. The third-order valence-electron chi connectivity index (χ3n) is 3.72. The molecule has 1 saturated heterocycles. The Morgan fingerprint density at radius 1 is 1.25 bits per heavy atom. The number of nitrogens with one attached hydrogen (secondary N) is 2. The molecular weight excluding hydrogens is 334 g/mol. The zero-order chi connectivity index (χ0) is 17.6. The van der Waals surface area contributed by atoms with Crippen LogP contribution >= 0.6 is 0 Å². The van der Waals surface area contributed by atoms with E-state index in [0.29, 0.717) is 19.4 Å². The maximum atomic E-state index is 12.5. The van der Waals surface area contributed by atoms with Gasteiger partial charge in [0.2, 0.25) is 10.0 Å². The van der Waals surface area contributed by atoms with Crippen molar-refractivity contribution in [3.05, 3.63) is 30.3 Å². The van der Waals surface area contributed by atoms with Gasteiger partial charge in [-0.05, 0) is 25.0 Å². The SMILES string of the molecule is O=C(O)CCCNC(=O)N[C@H]1CCN(S(=O)(=O)c2ccccc2)C1. The molecule has 0 aliphatic carbocycles. The van der Waals surface area contributed by atoms with Gasteiger partial charge in [0.1, 0.15) is 0 Å². The van der Waals surface area contributed by atoms with Gasteiger partial charge in [-0.1, -0.05) is 18.2 Å². The Morgan fingerprint density at radius 3 is 2.62 bits per heavy atom. The highest BCUT2D eigenvalue weighted by atomic mass is 32.2. The van der Waals surface area contributed by atoms with Crippen LogP contribution in [0.4, 0.5) is 4.79 Å². The summed E-state index contributed by atoms with van der Waals surface area (Å²) in [5.74, 6) is -0.908. The average molecular weight is 355 g/mol. The number of aliphatic carboxylic acids is 1. The van der Waals surface area contributed by atoms with Crippen LogP contribution in [0.2, 0.25) is 0 Å². The number of carbonyl (C=O) groups is 2. The molecule has 0 radical (unpaired) electrons. The molecule has 8 nitrogen and oxygen atoms in total. The van der Waals surface area contributed by atoms with E-state index in [9.17, 15) is 18.0 Å². The van der Waals surface area contributed by atoms with Crippen LogP contribution in [0.15, 0.2) is 35.2 Å². The van der Waals surface area contributed by atoms with Crippen LogP contribution in [0.1, 0.15) is 19.3 Å². The lowest BCUT2D eigenvalue weighted by Crippen LogP contribution is -2.44. The molecule has 9 heteroatoms. The summed E-state index contributed by atoms with van der Waals surface area (Å²) < 4.78 is 26.3. The molecule has 0 bridgehead atoms. The van der Waals surface area contributed by atoms with Crippen LogP contribution in [-0.4, -0.2) is 55.5 Å². The first-order valence-corrected chi connectivity index (χ1v) is 9.15. The molecule has 1 aromatic carbocycles. The molecule has 1 atom stereocenters. The third kappa shape index (κ3) is 4.93. The Kier molecular flexibility index (Phi) is 6.16. The number of carboxylic acids is 1. The first kappa shape index (κ1) is 18.2. The summed E-state index contributed by atoms with van der Waals surface area (Å²) in [6.45, 7) is 0.831. The molecule has 0 spiro atoms. The number of rotatable bonds is 7. The molecule has 0 unspecified atom stereocenters. The number of sulfonamides is 1. The van der Waals surface area contributed by atoms with Crippen molar-refractivity contribution in [2.24, 2.45) is 0 Å². The van der Waals surface area contributed by atoms with Crippen LogP contribution < -0.4 is 10.6 Å². The van der Waals surface area contributed by atoms with E-state index in [2.05, 4.69) is 10.6 Å². The second-order valence-electron chi connectivity index (χ2n) is 5.56. The Labute approximate surface area is 140 Å². The van der Waals surface area contributed by atoms with E-state index in [0.717, 1.165) is 0 Å². The summed E-state index contributed by atoms with van der Waals surface area (Å²) in [4.78, 5) is 22.4. The van der Waals surface area contributed by atoms with Crippen LogP contribution in [0.3, 0.4) is 0 Å². The lowest BCUT2D eigenvalue weighted by atomic mass is 10.3. The highest BCUT2D eigenvalue weighted by Crippen LogP contribution is 2.20. The van der Waals surface area contributed by atoms with Crippen molar-refractivity contribution in [1.82, 2.24) is 14.9 Å². The molecule has 24 heavy (non-hydrogen) atoms. The van der Waals surface area contributed by atoms with Crippen molar-refractivity contribution < 1.29 is 23.1 Å². The monoisotopic (exact) mass is 355 g/mol. The minimum atomic E-state index is -3.54. The summed E-state index contributed by atoms with van der Waals surface area (Å²) in [6, 6.07) is 7.51. The fraction of sp³-hybridized carbons (Fsp3) is 0.467. The number of carboxylic acid groups (broad SMARTS) is 1. The van der Waals surface area contributed by atoms with E-state index in [1.165, 1.54) is 4.31 Å². The Bertz CT molecular complexity index is 678. The van der Waals surface area contributed by atoms with E-state index in [4.69, 9.17) is 5.11 Å². The summed E-state index contributed by atoms with van der Waals surface area (Å²) in [7, 11) is -3.54. The van der Waals surface area contributed by atoms with Crippen molar-refractivity contribution in [3.63, 3.8) is 0 Å². The van der Waals surface area contributed by atoms with Crippen LogP contribution in [0, 0.1) is 0 Å². The second-order valence-corrected chi connectivity index (χ2v) is 7.50. The molecule has 1 heterocycles. The highest BCUT2D eigenvalue weighted by Gasteiger charge is 2.33. The largest absolute Gasteiger partial charge is 0.481 e. The predicted molar refractivity (Wildman–Crippen MR) is 87.0 cm³/mol. The van der Waals surface area contributed by atoms with Crippen molar-refractivity contribution in [2.45, 2.75) is 30.2 Å². The fourth-order valence-corrected chi connectivity index (χ4v) is 4.01. The van der Waals surface area contributed by atoms with E-state index < -0.39 is 22.0 Å². The number of amides is 2. The number of hydrogen-bond acceptors (Lipinski definition) is 4. The van der Waals surface area contributed by atoms with Crippen LogP contribution in [-0.2, 0) is 14.8 Å². The Balaban J connectivity index is 1.81. The van der Waals surface area contributed by atoms with Crippen molar-refractivity contribution in [3.8, 4) is 0 Å². The molecular formula is C15H21N3O5S. The van der Waals surface area contributed by atoms with Gasteiger partial charge in [0.25, 0.3) is 0 Å². The maximum Gasteiger partial charge on any atom is 0.315 e. The van der Waals surface area contributed by atoms with Gasteiger partial charge in [-0.15, -0.1) is 0 Å². The molecule has 2 amide bonds. The molecule has 3 N–H and O–H groups in total. The van der Waals surface area contributed by atoms with Crippen molar-refractivity contribution in [1.29, 1.82) is 0 Å². The minimum absolute atomic E-state index is 0.00714. The number of benzene rings is 1. The molecule has 2 rings (SSSR count). The third-order valence-corrected chi connectivity index (χ3v) is 5.60. The zero-order valence-corrected chi connectivity index (χ0v) is 14.0. The summed E-state index contributed by atoms with van der Waals surface area (Å²) >= 11 is 0. The van der Waals surface area contributed by atoms with Gasteiger partial charge >= 0.3 is 12.0 Å².